The van der Waals surface area contributed by atoms with E-state index in [1.165, 1.54) is 26.2 Å². The number of aromatic nitrogens is 2. The first kappa shape index (κ1) is 19.9. The molecule has 142 valence electrons. The lowest BCUT2D eigenvalue weighted by atomic mass is 10.2. The van der Waals surface area contributed by atoms with Crippen LogP contribution in [-0.4, -0.2) is 43.6 Å². The Labute approximate surface area is 153 Å². The third-order valence-corrected chi connectivity index (χ3v) is 5.39. The van der Waals surface area contributed by atoms with Crippen molar-refractivity contribution in [1.29, 1.82) is 0 Å². The molecule has 1 heterocycles. The van der Waals surface area contributed by atoms with Gasteiger partial charge in [-0.2, -0.15) is 4.72 Å². The van der Waals surface area contributed by atoms with Crippen molar-refractivity contribution in [3.05, 3.63) is 42.5 Å². The Bertz CT molecular complexity index is 834. The molecular weight excluding hydrogens is 356 g/mol. The van der Waals surface area contributed by atoms with Crippen LogP contribution in [-0.2, 0) is 21.4 Å². The second-order valence-electron chi connectivity index (χ2n) is 5.92. The molecule has 26 heavy (non-hydrogen) atoms. The van der Waals surface area contributed by atoms with Crippen LogP contribution in [0, 0.1) is 6.92 Å². The van der Waals surface area contributed by atoms with Crippen molar-refractivity contribution < 1.29 is 17.9 Å². The van der Waals surface area contributed by atoms with Gasteiger partial charge in [0.15, 0.2) is 0 Å². The van der Waals surface area contributed by atoms with Crippen LogP contribution in [0.4, 0.5) is 0 Å². The molecule has 8 nitrogen and oxygen atoms in total. The monoisotopic (exact) mass is 380 g/mol. The molecule has 2 aromatic rings. The Hall–Kier alpha value is -2.39. The van der Waals surface area contributed by atoms with Gasteiger partial charge < -0.3 is 14.6 Å². The first-order valence-corrected chi connectivity index (χ1v) is 9.72. The van der Waals surface area contributed by atoms with Crippen LogP contribution >= 0.6 is 0 Å². The standard InChI is InChI=1S/C17H24N4O4S/c1-13-11-15(5-6-16(13)25-3)26(23,24)20-14(2)17(22)19-7-4-9-21-10-8-18-12-21/h5-6,8,10-12,14,20H,4,7,9H2,1-3H3,(H,19,22)/t14-/m1/s1. The highest BCUT2D eigenvalue weighted by Crippen LogP contribution is 2.21. The molecule has 0 saturated heterocycles. The second kappa shape index (κ2) is 8.81. The predicted molar refractivity (Wildman–Crippen MR) is 97.4 cm³/mol. The van der Waals surface area contributed by atoms with Gasteiger partial charge >= 0.3 is 0 Å². The van der Waals surface area contributed by atoms with E-state index in [0.717, 1.165) is 13.0 Å². The number of imidazole rings is 1. The Balaban J connectivity index is 1.87. The number of nitrogens with one attached hydrogen (secondary N) is 2. The van der Waals surface area contributed by atoms with E-state index in [4.69, 9.17) is 4.74 Å². The van der Waals surface area contributed by atoms with Gasteiger partial charge in [0.25, 0.3) is 0 Å². The molecule has 0 fully saturated rings. The minimum Gasteiger partial charge on any atom is -0.496 e. The first-order chi connectivity index (χ1) is 12.3. The summed E-state index contributed by atoms with van der Waals surface area (Å²) in [5, 5.41) is 2.73. The Morgan fingerprint density at radius 3 is 2.77 bits per heavy atom. The summed E-state index contributed by atoms with van der Waals surface area (Å²) in [7, 11) is -2.28. The lowest BCUT2D eigenvalue weighted by molar-refractivity contribution is -0.122. The van der Waals surface area contributed by atoms with Gasteiger partial charge in [0.05, 0.1) is 24.4 Å². The van der Waals surface area contributed by atoms with Crippen molar-refractivity contribution in [2.45, 2.75) is 37.8 Å². The first-order valence-electron chi connectivity index (χ1n) is 8.24. The Morgan fingerprint density at radius 2 is 2.15 bits per heavy atom. The number of ether oxygens (including phenoxy) is 1. The molecule has 9 heteroatoms. The molecule has 1 amide bonds. The number of carbonyl (C=O) groups is 1. The highest BCUT2D eigenvalue weighted by Gasteiger charge is 2.22. The summed E-state index contributed by atoms with van der Waals surface area (Å²) in [6, 6.07) is 3.67. The van der Waals surface area contributed by atoms with Crippen molar-refractivity contribution in [1.82, 2.24) is 19.6 Å². The number of amides is 1. The predicted octanol–water partition coefficient (Wildman–Crippen LogP) is 1.07. The highest BCUT2D eigenvalue weighted by atomic mass is 32.2. The number of methoxy groups -OCH3 is 1. The molecule has 0 saturated carbocycles. The molecule has 1 atom stereocenters. The van der Waals surface area contributed by atoms with E-state index < -0.39 is 16.1 Å². The number of aryl methyl sites for hydroxylation is 2. The topological polar surface area (TPSA) is 102 Å². The molecule has 2 rings (SSSR count). The maximum atomic E-state index is 12.4. The molecular formula is C17H24N4O4S. The number of carbonyl (C=O) groups excluding carboxylic acids is 1. The maximum absolute atomic E-state index is 12.4. The van der Waals surface area contributed by atoms with E-state index in [1.54, 1.807) is 25.5 Å². The molecule has 0 aliphatic heterocycles. The average Bonchev–Trinajstić information content (AvgIpc) is 3.11. The van der Waals surface area contributed by atoms with Gasteiger partial charge in [0.1, 0.15) is 5.75 Å². The summed E-state index contributed by atoms with van der Waals surface area (Å²) in [4.78, 5) is 16.1. The summed E-state index contributed by atoms with van der Waals surface area (Å²) < 4.78 is 34.3. The van der Waals surface area contributed by atoms with Gasteiger partial charge in [-0.1, -0.05) is 0 Å². The number of rotatable bonds is 9. The smallest absolute Gasteiger partial charge is 0.241 e. The van der Waals surface area contributed by atoms with Crippen LogP contribution in [0.15, 0.2) is 41.8 Å². The van der Waals surface area contributed by atoms with Crippen LogP contribution < -0.4 is 14.8 Å². The van der Waals surface area contributed by atoms with E-state index >= 15 is 0 Å². The highest BCUT2D eigenvalue weighted by molar-refractivity contribution is 7.89. The minimum atomic E-state index is -3.80. The molecule has 0 aliphatic carbocycles. The van der Waals surface area contributed by atoms with Crippen LogP contribution in [0.1, 0.15) is 18.9 Å². The fourth-order valence-corrected chi connectivity index (χ4v) is 3.71. The Morgan fingerprint density at radius 1 is 1.38 bits per heavy atom. The van der Waals surface area contributed by atoms with Gasteiger partial charge in [0, 0.05) is 25.5 Å². The lowest BCUT2D eigenvalue weighted by Gasteiger charge is -2.15. The van der Waals surface area contributed by atoms with Gasteiger partial charge in [0.2, 0.25) is 15.9 Å². The zero-order chi connectivity index (χ0) is 19.2. The lowest BCUT2D eigenvalue weighted by Crippen LogP contribution is -2.45. The van der Waals surface area contributed by atoms with Crippen molar-refractivity contribution in [2.24, 2.45) is 0 Å². The number of hydrogen-bond acceptors (Lipinski definition) is 5. The molecule has 0 unspecified atom stereocenters. The fourth-order valence-electron chi connectivity index (χ4n) is 2.42. The summed E-state index contributed by atoms with van der Waals surface area (Å²) in [5.74, 6) is 0.233. The van der Waals surface area contributed by atoms with E-state index in [9.17, 15) is 13.2 Å². The van der Waals surface area contributed by atoms with Crippen molar-refractivity contribution in [3.63, 3.8) is 0 Å². The average molecular weight is 380 g/mol. The normalized spacial score (nSPS) is 12.6. The molecule has 1 aromatic carbocycles. The van der Waals surface area contributed by atoms with Crippen LogP contribution in [0.5, 0.6) is 5.75 Å². The van der Waals surface area contributed by atoms with Gasteiger partial charge in [-0.05, 0) is 44.0 Å². The fraction of sp³-hybridized carbons (Fsp3) is 0.412. The third kappa shape index (κ3) is 5.30. The molecule has 0 bridgehead atoms. The summed E-state index contributed by atoms with van der Waals surface area (Å²) in [6.07, 6.45) is 5.96. The number of sulfonamides is 1. The van der Waals surface area contributed by atoms with Crippen LogP contribution in [0.25, 0.3) is 0 Å². The van der Waals surface area contributed by atoms with Gasteiger partial charge in [-0.25, -0.2) is 13.4 Å². The third-order valence-electron chi connectivity index (χ3n) is 3.85. The molecule has 0 radical (unpaired) electrons. The van der Waals surface area contributed by atoms with E-state index in [0.29, 0.717) is 17.9 Å². The zero-order valence-electron chi connectivity index (χ0n) is 15.1. The van der Waals surface area contributed by atoms with Crippen molar-refractivity contribution >= 4 is 15.9 Å². The second-order valence-corrected chi connectivity index (χ2v) is 7.63. The quantitative estimate of drug-likeness (QED) is 0.634. The zero-order valence-corrected chi connectivity index (χ0v) is 15.9. The van der Waals surface area contributed by atoms with E-state index in [2.05, 4.69) is 15.0 Å². The van der Waals surface area contributed by atoms with Crippen LogP contribution in [0.2, 0.25) is 0 Å². The number of hydrogen-bond donors (Lipinski definition) is 2. The Kier molecular flexibility index (Phi) is 6.76. The summed E-state index contributed by atoms with van der Waals surface area (Å²) in [5.41, 5.74) is 0.701. The molecule has 0 aliphatic rings. The van der Waals surface area contributed by atoms with Gasteiger partial charge in [-0.3, -0.25) is 4.79 Å². The van der Waals surface area contributed by atoms with E-state index in [1.807, 2.05) is 10.8 Å². The molecule has 1 aromatic heterocycles. The maximum Gasteiger partial charge on any atom is 0.241 e. The van der Waals surface area contributed by atoms with Gasteiger partial charge in [-0.15, -0.1) is 0 Å². The van der Waals surface area contributed by atoms with E-state index in [-0.39, 0.29) is 10.8 Å². The van der Waals surface area contributed by atoms with Crippen molar-refractivity contribution in [3.8, 4) is 5.75 Å². The SMILES string of the molecule is COc1ccc(S(=O)(=O)N[C@H](C)C(=O)NCCCn2ccnc2)cc1C. The summed E-state index contributed by atoms with van der Waals surface area (Å²) in [6.45, 7) is 4.45. The minimum absolute atomic E-state index is 0.0931. The molecule has 0 spiro atoms. The van der Waals surface area contributed by atoms with Crippen molar-refractivity contribution in [2.75, 3.05) is 13.7 Å². The summed E-state index contributed by atoms with van der Waals surface area (Å²) >= 11 is 0. The number of nitrogens with zero attached hydrogens (tertiary/aromatic N) is 2. The number of benzene rings is 1. The van der Waals surface area contributed by atoms with Crippen LogP contribution in [0.3, 0.4) is 0 Å². The largest absolute Gasteiger partial charge is 0.496 e. The molecule has 2 N–H and O–H groups in total.